The SMILES string of the molecule is O=C(O)CCCCc1cc2c([nH]1)CCCC2. The number of hydrogen-bond acceptors (Lipinski definition) is 1. The van der Waals surface area contributed by atoms with Crippen LogP contribution in [0.15, 0.2) is 6.07 Å². The van der Waals surface area contributed by atoms with Crippen LogP contribution in [-0.2, 0) is 24.1 Å². The van der Waals surface area contributed by atoms with Crippen LogP contribution in [0, 0.1) is 0 Å². The number of aliphatic carboxylic acids is 1. The monoisotopic (exact) mass is 221 g/mol. The van der Waals surface area contributed by atoms with Gasteiger partial charge in [0.2, 0.25) is 0 Å². The van der Waals surface area contributed by atoms with Crippen molar-refractivity contribution in [2.45, 2.75) is 51.4 Å². The van der Waals surface area contributed by atoms with Crippen molar-refractivity contribution in [1.82, 2.24) is 4.98 Å². The standard InChI is InChI=1S/C13H19NO2/c15-13(16)8-4-2-6-11-9-10-5-1-3-7-12(10)14-11/h9,14H,1-8H2,(H,15,16). The summed E-state index contributed by atoms with van der Waals surface area (Å²) >= 11 is 0. The second-order valence-corrected chi connectivity index (χ2v) is 4.61. The Morgan fingerprint density at radius 3 is 2.88 bits per heavy atom. The van der Waals surface area contributed by atoms with Crippen LogP contribution in [0.1, 0.15) is 49.1 Å². The van der Waals surface area contributed by atoms with Crippen molar-refractivity contribution in [1.29, 1.82) is 0 Å². The lowest BCUT2D eigenvalue weighted by atomic mass is 9.98. The van der Waals surface area contributed by atoms with Crippen molar-refractivity contribution >= 4 is 5.97 Å². The number of H-pyrrole nitrogens is 1. The Morgan fingerprint density at radius 1 is 1.31 bits per heavy atom. The van der Waals surface area contributed by atoms with Gasteiger partial charge < -0.3 is 10.1 Å². The number of aryl methyl sites for hydroxylation is 3. The number of aromatic amines is 1. The number of carbonyl (C=O) groups is 1. The highest BCUT2D eigenvalue weighted by molar-refractivity contribution is 5.66. The number of unbranched alkanes of at least 4 members (excludes halogenated alkanes) is 1. The fourth-order valence-electron chi connectivity index (χ4n) is 2.40. The molecule has 0 unspecified atom stereocenters. The highest BCUT2D eigenvalue weighted by Gasteiger charge is 2.12. The summed E-state index contributed by atoms with van der Waals surface area (Å²) in [6, 6.07) is 2.27. The molecule has 16 heavy (non-hydrogen) atoms. The molecule has 1 aliphatic carbocycles. The fraction of sp³-hybridized carbons (Fsp3) is 0.615. The molecule has 2 rings (SSSR count). The molecule has 2 N–H and O–H groups in total. The second-order valence-electron chi connectivity index (χ2n) is 4.61. The fourth-order valence-corrected chi connectivity index (χ4v) is 2.40. The molecule has 0 saturated heterocycles. The molecule has 0 saturated carbocycles. The van der Waals surface area contributed by atoms with E-state index in [1.54, 1.807) is 0 Å². The average molecular weight is 221 g/mol. The molecule has 1 aromatic rings. The van der Waals surface area contributed by atoms with Gasteiger partial charge in [-0.25, -0.2) is 0 Å². The predicted molar refractivity (Wildman–Crippen MR) is 62.6 cm³/mol. The molecule has 88 valence electrons. The molecule has 0 spiro atoms. The predicted octanol–water partition coefficient (Wildman–Crippen LogP) is 2.69. The Bertz CT molecular complexity index is 345. The van der Waals surface area contributed by atoms with Crippen molar-refractivity contribution in [2.75, 3.05) is 0 Å². The van der Waals surface area contributed by atoms with Gasteiger partial charge in [0.05, 0.1) is 0 Å². The van der Waals surface area contributed by atoms with E-state index in [1.165, 1.54) is 42.6 Å². The zero-order valence-corrected chi connectivity index (χ0v) is 9.59. The maximum absolute atomic E-state index is 10.4. The summed E-state index contributed by atoms with van der Waals surface area (Å²) in [5, 5.41) is 8.54. The number of carboxylic acids is 1. The number of rotatable bonds is 5. The van der Waals surface area contributed by atoms with Crippen LogP contribution in [-0.4, -0.2) is 16.1 Å². The van der Waals surface area contributed by atoms with Crippen LogP contribution in [0.5, 0.6) is 0 Å². The third-order valence-electron chi connectivity index (χ3n) is 3.26. The minimum atomic E-state index is -0.689. The van der Waals surface area contributed by atoms with E-state index < -0.39 is 5.97 Å². The second kappa shape index (κ2) is 5.19. The molecule has 3 heteroatoms. The molecule has 0 atom stereocenters. The van der Waals surface area contributed by atoms with Crippen molar-refractivity contribution in [2.24, 2.45) is 0 Å². The lowest BCUT2D eigenvalue weighted by molar-refractivity contribution is -0.137. The zero-order chi connectivity index (χ0) is 11.4. The van der Waals surface area contributed by atoms with Gasteiger partial charge in [-0.2, -0.15) is 0 Å². The van der Waals surface area contributed by atoms with Crippen LogP contribution in [0.4, 0.5) is 0 Å². The van der Waals surface area contributed by atoms with E-state index in [9.17, 15) is 4.79 Å². The molecule has 0 fully saturated rings. The first-order valence-electron chi connectivity index (χ1n) is 6.17. The summed E-state index contributed by atoms with van der Waals surface area (Å²) in [4.78, 5) is 13.8. The molecule has 0 amide bonds. The Morgan fingerprint density at radius 2 is 2.12 bits per heavy atom. The summed E-state index contributed by atoms with van der Waals surface area (Å²) in [7, 11) is 0. The maximum Gasteiger partial charge on any atom is 0.303 e. The van der Waals surface area contributed by atoms with E-state index in [-0.39, 0.29) is 0 Å². The third-order valence-corrected chi connectivity index (χ3v) is 3.26. The molecule has 1 heterocycles. The minimum Gasteiger partial charge on any atom is -0.481 e. The molecule has 3 nitrogen and oxygen atoms in total. The third kappa shape index (κ3) is 2.87. The van der Waals surface area contributed by atoms with Crippen molar-refractivity contribution in [3.05, 3.63) is 23.0 Å². The molecular weight excluding hydrogens is 202 g/mol. The van der Waals surface area contributed by atoms with E-state index in [4.69, 9.17) is 5.11 Å². The van der Waals surface area contributed by atoms with Gasteiger partial charge in [-0.15, -0.1) is 0 Å². The molecule has 1 aliphatic rings. The molecule has 0 aliphatic heterocycles. The normalized spacial score (nSPS) is 14.8. The van der Waals surface area contributed by atoms with E-state index in [0.29, 0.717) is 6.42 Å². The largest absolute Gasteiger partial charge is 0.481 e. The highest BCUT2D eigenvalue weighted by atomic mass is 16.4. The van der Waals surface area contributed by atoms with Gasteiger partial charge in [-0.3, -0.25) is 4.79 Å². The summed E-state index contributed by atoms with van der Waals surface area (Å²) in [5.41, 5.74) is 4.19. The number of carboxylic acid groups (broad SMARTS) is 1. The molecule has 0 aromatic carbocycles. The Balaban J connectivity index is 1.81. The van der Waals surface area contributed by atoms with Crippen LogP contribution in [0.25, 0.3) is 0 Å². The highest BCUT2D eigenvalue weighted by Crippen LogP contribution is 2.22. The summed E-state index contributed by atoms with van der Waals surface area (Å²) in [6.45, 7) is 0. The van der Waals surface area contributed by atoms with Gasteiger partial charge in [0.25, 0.3) is 0 Å². The number of aromatic nitrogens is 1. The lowest BCUT2D eigenvalue weighted by Gasteiger charge is -2.09. The number of nitrogens with one attached hydrogen (secondary N) is 1. The van der Waals surface area contributed by atoms with Crippen molar-refractivity contribution < 1.29 is 9.90 Å². The Kier molecular flexibility index (Phi) is 3.65. The summed E-state index contributed by atoms with van der Waals surface area (Å²) in [6.07, 6.45) is 8.02. The Labute approximate surface area is 95.9 Å². The molecule has 0 radical (unpaired) electrons. The van der Waals surface area contributed by atoms with E-state index in [0.717, 1.165) is 19.3 Å². The first-order chi connectivity index (χ1) is 7.75. The molecule has 1 aromatic heterocycles. The van der Waals surface area contributed by atoms with Gasteiger partial charge in [0.1, 0.15) is 0 Å². The maximum atomic E-state index is 10.4. The summed E-state index contributed by atoms with van der Waals surface area (Å²) in [5.74, 6) is -0.689. The summed E-state index contributed by atoms with van der Waals surface area (Å²) < 4.78 is 0. The minimum absolute atomic E-state index is 0.292. The van der Waals surface area contributed by atoms with Crippen molar-refractivity contribution in [3.63, 3.8) is 0 Å². The zero-order valence-electron chi connectivity index (χ0n) is 9.59. The van der Waals surface area contributed by atoms with Crippen LogP contribution in [0.2, 0.25) is 0 Å². The van der Waals surface area contributed by atoms with E-state index in [1.807, 2.05) is 0 Å². The average Bonchev–Trinajstić information content (AvgIpc) is 2.66. The Hall–Kier alpha value is -1.25. The van der Waals surface area contributed by atoms with E-state index >= 15 is 0 Å². The van der Waals surface area contributed by atoms with Crippen molar-refractivity contribution in [3.8, 4) is 0 Å². The van der Waals surface area contributed by atoms with Gasteiger partial charge in [-0.1, -0.05) is 0 Å². The quantitative estimate of drug-likeness (QED) is 0.751. The van der Waals surface area contributed by atoms with Crippen LogP contribution >= 0.6 is 0 Å². The van der Waals surface area contributed by atoms with Gasteiger partial charge in [-0.05, 0) is 56.6 Å². The smallest absolute Gasteiger partial charge is 0.303 e. The molecular formula is C13H19NO2. The lowest BCUT2D eigenvalue weighted by Crippen LogP contribution is -1.99. The van der Waals surface area contributed by atoms with Crippen LogP contribution < -0.4 is 0 Å². The number of fused-ring (bicyclic) bond motifs is 1. The van der Waals surface area contributed by atoms with Crippen LogP contribution in [0.3, 0.4) is 0 Å². The van der Waals surface area contributed by atoms with Gasteiger partial charge in [0.15, 0.2) is 0 Å². The number of hydrogen-bond donors (Lipinski definition) is 2. The van der Waals surface area contributed by atoms with Gasteiger partial charge in [0, 0.05) is 17.8 Å². The molecule has 0 bridgehead atoms. The van der Waals surface area contributed by atoms with E-state index in [2.05, 4.69) is 11.1 Å². The van der Waals surface area contributed by atoms with Gasteiger partial charge >= 0.3 is 5.97 Å². The first-order valence-corrected chi connectivity index (χ1v) is 6.17. The first kappa shape index (κ1) is 11.2. The topological polar surface area (TPSA) is 53.1 Å².